The van der Waals surface area contributed by atoms with E-state index in [1.165, 1.54) is 34.3 Å². The Bertz CT molecular complexity index is 1170. The summed E-state index contributed by atoms with van der Waals surface area (Å²) in [6, 6.07) is 15.1. The summed E-state index contributed by atoms with van der Waals surface area (Å²) in [5, 5.41) is 2.05. The van der Waals surface area contributed by atoms with E-state index in [0.29, 0.717) is 0 Å². The Balaban J connectivity index is 1.50. The second-order valence-electron chi connectivity index (χ2n) is 7.32. The van der Waals surface area contributed by atoms with Crippen LogP contribution in [-0.2, 0) is 19.5 Å². The highest BCUT2D eigenvalue weighted by Gasteiger charge is 2.21. The van der Waals surface area contributed by atoms with Gasteiger partial charge in [0, 0.05) is 48.7 Å². The highest BCUT2D eigenvalue weighted by molar-refractivity contribution is 7.98. The van der Waals surface area contributed by atoms with Crippen LogP contribution in [0.4, 0.5) is 4.39 Å². The number of hydrogen-bond acceptors (Lipinski definition) is 4. The molecule has 0 saturated carbocycles. The first-order valence-corrected chi connectivity index (χ1v) is 10.9. The third kappa shape index (κ3) is 3.54. The molecular formula is C23H21FN4S. The predicted molar refractivity (Wildman–Crippen MR) is 115 cm³/mol. The third-order valence-electron chi connectivity index (χ3n) is 5.50. The van der Waals surface area contributed by atoms with Crippen molar-refractivity contribution in [3.8, 4) is 11.3 Å². The highest BCUT2D eigenvalue weighted by Crippen LogP contribution is 2.32. The average Bonchev–Trinajstić information content (AvgIpc) is 3.12. The summed E-state index contributed by atoms with van der Waals surface area (Å²) >= 11 is 1.58. The standard InChI is InChI=1S/C23H21FN4S/c1-29-23-25-12-16-13-28(11-10-20(16)27-23)14-19-18-4-2-3-5-21(18)26-22(19)15-6-8-17(24)9-7-15/h2-9,12,26H,10-11,13-14H2,1H3. The van der Waals surface area contributed by atoms with Crippen molar-refractivity contribution in [1.29, 1.82) is 0 Å². The fourth-order valence-corrected chi connectivity index (χ4v) is 4.40. The lowest BCUT2D eigenvalue weighted by molar-refractivity contribution is 0.243. The first-order valence-electron chi connectivity index (χ1n) is 9.68. The van der Waals surface area contributed by atoms with Gasteiger partial charge in [-0.15, -0.1) is 0 Å². The van der Waals surface area contributed by atoms with Gasteiger partial charge in [-0.1, -0.05) is 30.0 Å². The maximum Gasteiger partial charge on any atom is 0.187 e. The van der Waals surface area contributed by atoms with Crippen molar-refractivity contribution in [3.63, 3.8) is 0 Å². The monoisotopic (exact) mass is 404 g/mol. The van der Waals surface area contributed by atoms with Crippen molar-refractivity contribution in [3.05, 3.63) is 77.4 Å². The summed E-state index contributed by atoms with van der Waals surface area (Å²) in [4.78, 5) is 15.1. The fraction of sp³-hybridized carbons (Fsp3) is 0.217. The summed E-state index contributed by atoms with van der Waals surface area (Å²) in [6.45, 7) is 2.62. The summed E-state index contributed by atoms with van der Waals surface area (Å²) in [6.07, 6.45) is 4.90. The number of H-pyrrole nitrogens is 1. The van der Waals surface area contributed by atoms with Gasteiger partial charge in [-0.25, -0.2) is 14.4 Å². The molecule has 2 aromatic heterocycles. The molecule has 0 aliphatic carbocycles. The van der Waals surface area contributed by atoms with Gasteiger partial charge in [-0.3, -0.25) is 4.90 Å². The second kappa shape index (κ2) is 7.61. The molecule has 0 amide bonds. The second-order valence-corrected chi connectivity index (χ2v) is 8.09. The molecule has 1 aliphatic heterocycles. The van der Waals surface area contributed by atoms with E-state index >= 15 is 0 Å². The maximum absolute atomic E-state index is 13.4. The van der Waals surface area contributed by atoms with E-state index in [2.05, 4.69) is 38.1 Å². The van der Waals surface area contributed by atoms with Gasteiger partial charge in [0.25, 0.3) is 0 Å². The average molecular weight is 405 g/mol. The van der Waals surface area contributed by atoms with Gasteiger partial charge in [-0.05, 0) is 47.7 Å². The van der Waals surface area contributed by atoms with Crippen LogP contribution in [0.5, 0.6) is 0 Å². The lowest BCUT2D eigenvalue weighted by atomic mass is 10.0. The van der Waals surface area contributed by atoms with Crippen LogP contribution in [0.25, 0.3) is 22.2 Å². The summed E-state index contributed by atoms with van der Waals surface area (Å²) < 4.78 is 13.4. The summed E-state index contributed by atoms with van der Waals surface area (Å²) in [5.74, 6) is -0.219. The Labute approximate surface area is 173 Å². The van der Waals surface area contributed by atoms with Crippen molar-refractivity contribution in [2.45, 2.75) is 24.7 Å². The molecule has 0 fully saturated rings. The zero-order valence-electron chi connectivity index (χ0n) is 16.2. The van der Waals surface area contributed by atoms with Gasteiger partial charge in [-0.2, -0.15) is 0 Å². The summed E-state index contributed by atoms with van der Waals surface area (Å²) in [5.41, 5.74) is 6.79. The minimum Gasteiger partial charge on any atom is -0.354 e. The van der Waals surface area contributed by atoms with E-state index in [9.17, 15) is 4.39 Å². The molecule has 0 atom stereocenters. The number of aromatic amines is 1. The van der Waals surface area contributed by atoms with Crippen molar-refractivity contribution >= 4 is 22.7 Å². The lowest BCUT2D eigenvalue weighted by Gasteiger charge is -2.28. The van der Waals surface area contributed by atoms with Gasteiger partial charge in [0.1, 0.15) is 5.82 Å². The molecule has 4 nitrogen and oxygen atoms in total. The van der Waals surface area contributed by atoms with E-state index in [0.717, 1.165) is 48.0 Å². The van der Waals surface area contributed by atoms with Crippen LogP contribution in [-0.4, -0.2) is 32.7 Å². The molecule has 4 aromatic rings. The maximum atomic E-state index is 13.4. The van der Waals surface area contributed by atoms with E-state index < -0.39 is 0 Å². The molecule has 0 unspecified atom stereocenters. The Morgan fingerprint density at radius 1 is 1.14 bits per heavy atom. The molecule has 5 rings (SSSR count). The number of thioether (sulfide) groups is 1. The van der Waals surface area contributed by atoms with Crippen LogP contribution in [0.1, 0.15) is 16.8 Å². The molecule has 0 saturated heterocycles. The fourth-order valence-electron chi connectivity index (χ4n) is 4.04. The Kier molecular flexibility index (Phi) is 4.81. The molecule has 6 heteroatoms. The van der Waals surface area contributed by atoms with E-state index in [-0.39, 0.29) is 5.82 Å². The lowest BCUT2D eigenvalue weighted by Crippen LogP contribution is -2.31. The quantitative estimate of drug-likeness (QED) is 0.382. The van der Waals surface area contributed by atoms with Crippen LogP contribution in [0.3, 0.4) is 0 Å². The van der Waals surface area contributed by atoms with Gasteiger partial charge in [0.2, 0.25) is 0 Å². The van der Waals surface area contributed by atoms with Crippen molar-refractivity contribution in [2.24, 2.45) is 0 Å². The van der Waals surface area contributed by atoms with Crippen molar-refractivity contribution in [2.75, 3.05) is 12.8 Å². The number of benzene rings is 2. The van der Waals surface area contributed by atoms with Gasteiger partial charge >= 0.3 is 0 Å². The van der Waals surface area contributed by atoms with E-state index in [4.69, 9.17) is 0 Å². The smallest absolute Gasteiger partial charge is 0.187 e. The van der Waals surface area contributed by atoms with Crippen LogP contribution in [0, 0.1) is 5.82 Å². The topological polar surface area (TPSA) is 44.8 Å². The van der Waals surface area contributed by atoms with Crippen LogP contribution in [0.15, 0.2) is 59.9 Å². The largest absolute Gasteiger partial charge is 0.354 e. The molecule has 3 heterocycles. The summed E-state index contributed by atoms with van der Waals surface area (Å²) in [7, 11) is 0. The third-order valence-corrected chi connectivity index (χ3v) is 6.06. The van der Waals surface area contributed by atoms with Crippen LogP contribution >= 0.6 is 11.8 Å². The van der Waals surface area contributed by atoms with Gasteiger partial charge in [0.05, 0.1) is 11.4 Å². The minimum atomic E-state index is -0.219. The van der Waals surface area contributed by atoms with E-state index in [1.54, 1.807) is 11.8 Å². The molecule has 1 aliphatic rings. The molecule has 1 N–H and O–H groups in total. The van der Waals surface area contributed by atoms with E-state index in [1.807, 2.05) is 30.7 Å². The molecule has 2 aromatic carbocycles. The Hall–Kier alpha value is -2.70. The molecule has 0 spiro atoms. The Morgan fingerprint density at radius 2 is 1.97 bits per heavy atom. The van der Waals surface area contributed by atoms with Crippen LogP contribution < -0.4 is 0 Å². The molecular weight excluding hydrogens is 383 g/mol. The SMILES string of the molecule is CSc1ncc2c(n1)CCN(Cc1c(-c3ccc(F)cc3)[nH]c3ccccc13)C2. The molecule has 146 valence electrons. The first kappa shape index (κ1) is 18.3. The molecule has 0 radical (unpaired) electrons. The number of fused-ring (bicyclic) bond motifs is 2. The van der Waals surface area contributed by atoms with Gasteiger partial charge < -0.3 is 4.98 Å². The normalized spacial score (nSPS) is 14.3. The first-order chi connectivity index (χ1) is 14.2. The molecule has 0 bridgehead atoms. The Morgan fingerprint density at radius 3 is 2.79 bits per heavy atom. The zero-order chi connectivity index (χ0) is 19.8. The minimum absolute atomic E-state index is 0.219. The van der Waals surface area contributed by atoms with Gasteiger partial charge in [0.15, 0.2) is 5.16 Å². The highest BCUT2D eigenvalue weighted by atomic mass is 32.2. The number of rotatable bonds is 4. The number of hydrogen-bond donors (Lipinski definition) is 1. The van der Waals surface area contributed by atoms with Crippen molar-refractivity contribution < 1.29 is 4.39 Å². The number of halogens is 1. The predicted octanol–water partition coefficient (Wildman–Crippen LogP) is 5.04. The molecule has 29 heavy (non-hydrogen) atoms. The van der Waals surface area contributed by atoms with Crippen LogP contribution in [0.2, 0.25) is 0 Å². The number of nitrogens with one attached hydrogen (secondary N) is 1. The zero-order valence-corrected chi connectivity index (χ0v) is 17.0. The number of para-hydroxylation sites is 1. The number of nitrogens with zero attached hydrogens (tertiary/aromatic N) is 3. The van der Waals surface area contributed by atoms with Crippen molar-refractivity contribution in [1.82, 2.24) is 19.9 Å². The number of aromatic nitrogens is 3.